The van der Waals surface area contributed by atoms with Crippen molar-refractivity contribution in [2.75, 3.05) is 39.4 Å². The van der Waals surface area contributed by atoms with Gasteiger partial charge in [-0.2, -0.15) is 0 Å². The smallest absolute Gasteiger partial charge is 0.0594 e. The monoisotopic (exact) mass is 220 g/mol. The van der Waals surface area contributed by atoms with E-state index < -0.39 is 0 Å². The molecule has 1 unspecified atom stereocenters. The molecule has 0 radical (unpaired) electrons. The van der Waals surface area contributed by atoms with Crippen molar-refractivity contribution in [1.82, 2.24) is 4.90 Å². The molecule has 3 heteroatoms. The Balaban J connectivity index is 1.94. The fourth-order valence-corrected chi connectivity index (χ4v) is 2.14. The first-order valence-corrected chi connectivity index (χ1v) is 5.95. The molecule has 0 aromatic heterocycles. The predicted octanol–water partition coefficient (Wildman–Crippen LogP) is 1.06. The molecule has 1 atom stereocenters. The topological polar surface area (TPSA) is 38.5 Å². The molecule has 1 aromatic carbocycles. The molecule has 0 saturated carbocycles. The first-order chi connectivity index (χ1) is 7.90. The van der Waals surface area contributed by atoms with Crippen LogP contribution in [0.5, 0.6) is 0 Å². The summed E-state index contributed by atoms with van der Waals surface area (Å²) in [5, 5.41) is 0. The van der Waals surface area contributed by atoms with E-state index in [0.717, 1.165) is 32.8 Å². The van der Waals surface area contributed by atoms with Crippen LogP contribution in [-0.4, -0.2) is 44.3 Å². The van der Waals surface area contributed by atoms with Crippen LogP contribution in [0.2, 0.25) is 0 Å². The van der Waals surface area contributed by atoms with Gasteiger partial charge in [-0.3, -0.25) is 4.90 Å². The van der Waals surface area contributed by atoms with Crippen LogP contribution in [0.15, 0.2) is 30.3 Å². The minimum atomic E-state index is 0.444. The van der Waals surface area contributed by atoms with Crippen molar-refractivity contribution >= 4 is 0 Å². The molecule has 88 valence electrons. The highest BCUT2D eigenvalue weighted by Gasteiger charge is 2.16. The number of nitrogens with two attached hydrogens (primary N) is 1. The molecule has 1 heterocycles. The quantitative estimate of drug-likeness (QED) is 0.824. The lowest BCUT2D eigenvalue weighted by atomic mass is 9.98. The van der Waals surface area contributed by atoms with E-state index in [-0.39, 0.29) is 0 Å². The molecule has 1 saturated heterocycles. The molecule has 0 aliphatic carbocycles. The number of ether oxygens (including phenoxy) is 1. The molecule has 2 rings (SSSR count). The highest BCUT2D eigenvalue weighted by molar-refractivity contribution is 5.20. The highest BCUT2D eigenvalue weighted by atomic mass is 16.5. The van der Waals surface area contributed by atoms with E-state index in [4.69, 9.17) is 10.5 Å². The Morgan fingerprint density at radius 1 is 1.19 bits per heavy atom. The van der Waals surface area contributed by atoms with Gasteiger partial charge in [0.05, 0.1) is 13.2 Å². The first kappa shape index (κ1) is 11.6. The molecule has 16 heavy (non-hydrogen) atoms. The molecule has 1 fully saturated rings. The third-order valence-electron chi connectivity index (χ3n) is 3.14. The third kappa shape index (κ3) is 3.04. The lowest BCUT2D eigenvalue weighted by Crippen LogP contribution is -2.40. The summed E-state index contributed by atoms with van der Waals surface area (Å²) in [5.74, 6) is 0.444. The summed E-state index contributed by atoms with van der Waals surface area (Å²) < 4.78 is 5.35. The predicted molar refractivity (Wildman–Crippen MR) is 65.5 cm³/mol. The highest BCUT2D eigenvalue weighted by Crippen LogP contribution is 2.16. The number of rotatable bonds is 4. The van der Waals surface area contributed by atoms with Gasteiger partial charge >= 0.3 is 0 Å². The number of hydrogen-bond acceptors (Lipinski definition) is 3. The van der Waals surface area contributed by atoms with Gasteiger partial charge in [0.1, 0.15) is 0 Å². The van der Waals surface area contributed by atoms with E-state index in [0.29, 0.717) is 12.5 Å². The van der Waals surface area contributed by atoms with Crippen LogP contribution in [0, 0.1) is 0 Å². The number of benzene rings is 1. The molecule has 0 spiro atoms. The fourth-order valence-electron chi connectivity index (χ4n) is 2.14. The number of nitrogens with zero attached hydrogens (tertiary/aromatic N) is 1. The average molecular weight is 220 g/mol. The average Bonchev–Trinajstić information content (AvgIpc) is 2.38. The van der Waals surface area contributed by atoms with Gasteiger partial charge in [-0.05, 0) is 5.56 Å². The van der Waals surface area contributed by atoms with Crippen molar-refractivity contribution < 1.29 is 4.74 Å². The zero-order chi connectivity index (χ0) is 11.2. The fraction of sp³-hybridized carbons (Fsp3) is 0.538. The maximum Gasteiger partial charge on any atom is 0.0594 e. The summed E-state index contributed by atoms with van der Waals surface area (Å²) in [5.41, 5.74) is 7.21. The van der Waals surface area contributed by atoms with E-state index in [1.807, 2.05) is 6.07 Å². The van der Waals surface area contributed by atoms with E-state index in [2.05, 4.69) is 29.2 Å². The summed E-state index contributed by atoms with van der Waals surface area (Å²) in [6.07, 6.45) is 0. The van der Waals surface area contributed by atoms with Crippen molar-refractivity contribution in [3.63, 3.8) is 0 Å². The minimum Gasteiger partial charge on any atom is -0.379 e. The van der Waals surface area contributed by atoms with Gasteiger partial charge in [-0.1, -0.05) is 30.3 Å². The van der Waals surface area contributed by atoms with Crippen molar-refractivity contribution in [1.29, 1.82) is 0 Å². The number of morpholine rings is 1. The Kier molecular flexibility index (Phi) is 4.34. The summed E-state index contributed by atoms with van der Waals surface area (Å²) in [6.45, 7) is 5.52. The maximum absolute atomic E-state index is 5.86. The third-order valence-corrected chi connectivity index (χ3v) is 3.14. The van der Waals surface area contributed by atoms with Crippen LogP contribution in [0.4, 0.5) is 0 Å². The Bertz CT molecular complexity index is 296. The Labute approximate surface area is 97.2 Å². The Hall–Kier alpha value is -0.900. The largest absolute Gasteiger partial charge is 0.379 e. The van der Waals surface area contributed by atoms with E-state index >= 15 is 0 Å². The van der Waals surface area contributed by atoms with Gasteiger partial charge in [-0.25, -0.2) is 0 Å². The van der Waals surface area contributed by atoms with E-state index in [1.165, 1.54) is 5.56 Å². The van der Waals surface area contributed by atoms with Crippen LogP contribution in [0.25, 0.3) is 0 Å². The summed E-state index contributed by atoms with van der Waals surface area (Å²) in [6, 6.07) is 10.5. The molecule has 1 aromatic rings. The molecule has 1 aliphatic rings. The van der Waals surface area contributed by atoms with Crippen LogP contribution in [-0.2, 0) is 4.74 Å². The lowest BCUT2D eigenvalue weighted by molar-refractivity contribution is 0.0353. The molecule has 2 N–H and O–H groups in total. The lowest BCUT2D eigenvalue weighted by Gasteiger charge is -2.30. The van der Waals surface area contributed by atoms with Gasteiger partial charge in [0.2, 0.25) is 0 Å². The van der Waals surface area contributed by atoms with Crippen molar-refractivity contribution in [2.45, 2.75) is 5.92 Å². The van der Waals surface area contributed by atoms with Gasteiger partial charge in [0.25, 0.3) is 0 Å². The molecular weight excluding hydrogens is 200 g/mol. The van der Waals surface area contributed by atoms with Crippen LogP contribution < -0.4 is 5.73 Å². The van der Waals surface area contributed by atoms with Crippen molar-refractivity contribution in [2.24, 2.45) is 5.73 Å². The number of hydrogen-bond donors (Lipinski definition) is 1. The normalized spacial score (nSPS) is 19.6. The van der Waals surface area contributed by atoms with E-state index in [1.54, 1.807) is 0 Å². The van der Waals surface area contributed by atoms with Gasteiger partial charge in [0, 0.05) is 32.1 Å². The van der Waals surface area contributed by atoms with Gasteiger partial charge < -0.3 is 10.5 Å². The molecular formula is C13H20N2O. The van der Waals surface area contributed by atoms with Crippen LogP contribution >= 0.6 is 0 Å². The standard InChI is InChI=1S/C13H20N2O/c14-10-13(12-4-2-1-3-5-12)11-15-6-8-16-9-7-15/h1-5,13H,6-11,14H2. The molecule has 0 amide bonds. The van der Waals surface area contributed by atoms with E-state index in [9.17, 15) is 0 Å². The SMILES string of the molecule is NCC(CN1CCOCC1)c1ccccc1. The van der Waals surface area contributed by atoms with Crippen molar-refractivity contribution in [3.8, 4) is 0 Å². The first-order valence-electron chi connectivity index (χ1n) is 5.95. The molecule has 1 aliphatic heterocycles. The van der Waals surface area contributed by atoms with Gasteiger partial charge in [0.15, 0.2) is 0 Å². The second kappa shape index (κ2) is 5.99. The Morgan fingerprint density at radius 2 is 1.88 bits per heavy atom. The summed E-state index contributed by atoms with van der Waals surface area (Å²) in [7, 11) is 0. The van der Waals surface area contributed by atoms with Crippen LogP contribution in [0.1, 0.15) is 11.5 Å². The zero-order valence-corrected chi connectivity index (χ0v) is 9.64. The second-order valence-electron chi connectivity index (χ2n) is 4.26. The van der Waals surface area contributed by atoms with Crippen molar-refractivity contribution in [3.05, 3.63) is 35.9 Å². The second-order valence-corrected chi connectivity index (χ2v) is 4.26. The molecule has 3 nitrogen and oxygen atoms in total. The molecule has 0 bridgehead atoms. The maximum atomic E-state index is 5.86. The Morgan fingerprint density at radius 3 is 2.50 bits per heavy atom. The zero-order valence-electron chi connectivity index (χ0n) is 9.64. The van der Waals surface area contributed by atoms with Crippen LogP contribution in [0.3, 0.4) is 0 Å². The summed E-state index contributed by atoms with van der Waals surface area (Å²) in [4.78, 5) is 2.44. The summed E-state index contributed by atoms with van der Waals surface area (Å²) >= 11 is 0. The minimum absolute atomic E-state index is 0.444. The van der Waals surface area contributed by atoms with Gasteiger partial charge in [-0.15, -0.1) is 0 Å².